The first kappa shape index (κ1) is 23.6. The van der Waals surface area contributed by atoms with Crippen LogP contribution in [0.2, 0.25) is 5.02 Å². The van der Waals surface area contributed by atoms with Crippen molar-refractivity contribution in [1.82, 2.24) is 5.06 Å². The van der Waals surface area contributed by atoms with E-state index < -0.39 is 15.1 Å². The Morgan fingerprint density at radius 2 is 1.56 bits per heavy atom. The number of ether oxygens (including phenoxy) is 1. The van der Waals surface area contributed by atoms with E-state index in [2.05, 4.69) is 0 Å². The lowest BCUT2D eigenvalue weighted by molar-refractivity contribution is -0.258. The molecule has 174 valence electrons. The largest absolute Gasteiger partial charge is 0.457 e. The Kier molecular flexibility index (Phi) is 6.87. The number of halogens is 1. The molecule has 1 saturated heterocycles. The zero-order valence-corrected chi connectivity index (χ0v) is 20.5. The molecule has 2 aliphatic rings. The van der Waals surface area contributed by atoms with Gasteiger partial charge in [0.1, 0.15) is 11.5 Å². The fourth-order valence-electron chi connectivity index (χ4n) is 4.23. The molecule has 4 rings (SSSR count). The Morgan fingerprint density at radius 1 is 0.969 bits per heavy atom. The van der Waals surface area contributed by atoms with Gasteiger partial charge in [0, 0.05) is 17.6 Å². The molecule has 1 aliphatic carbocycles. The van der Waals surface area contributed by atoms with Crippen molar-refractivity contribution in [3.05, 3.63) is 53.6 Å². The van der Waals surface area contributed by atoms with Gasteiger partial charge in [0.2, 0.25) is 0 Å². The van der Waals surface area contributed by atoms with Crippen LogP contribution < -0.4 is 4.74 Å². The molecule has 2 aromatic carbocycles. The minimum Gasteiger partial charge on any atom is -0.457 e. The highest BCUT2D eigenvalue weighted by Crippen LogP contribution is 2.39. The van der Waals surface area contributed by atoms with E-state index in [4.69, 9.17) is 21.2 Å². The lowest BCUT2D eigenvalue weighted by atomic mass is 9.98. The second-order valence-electron chi connectivity index (χ2n) is 9.90. The SMILES string of the molecule is CC(C)(C)ON1CCC(S(=O)(=O)c2ccc(Oc3ccc(Cl)cc3)cc2)CC1CC1CC1. The van der Waals surface area contributed by atoms with Crippen LogP contribution in [0.25, 0.3) is 0 Å². The molecule has 0 radical (unpaired) electrons. The molecule has 0 spiro atoms. The van der Waals surface area contributed by atoms with Crippen molar-refractivity contribution in [2.75, 3.05) is 6.54 Å². The van der Waals surface area contributed by atoms with E-state index in [1.807, 2.05) is 25.8 Å². The molecule has 7 heteroatoms. The third-order valence-electron chi connectivity index (χ3n) is 5.95. The summed E-state index contributed by atoms with van der Waals surface area (Å²) in [7, 11) is -3.43. The minimum atomic E-state index is -3.43. The Labute approximate surface area is 196 Å². The maximum absolute atomic E-state index is 13.4. The zero-order valence-electron chi connectivity index (χ0n) is 19.0. The molecule has 0 bridgehead atoms. The summed E-state index contributed by atoms with van der Waals surface area (Å²) >= 11 is 5.91. The molecule has 1 heterocycles. The molecule has 0 amide bonds. The highest BCUT2D eigenvalue weighted by Gasteiger charge is 2.40. The van der Waals surface area contributed by atoms with Crippen molar-refractivity contribution in [3.8, 4) is 11.5 Å². The van der Waals surface area contributed by atoms with Gasteiger partial charge >= 0.3 is 0 Å². The third kappa shape index (κ3) is 6.04. The molecule has 32 heavy (non-hydrogen) atoms. The van der Waals surface area contributed by atoms with Crippen LogP contribution in [0, 0.1) is 5.92 Å². The summed E-state index contributed by atoms with van der Waals surface area (Å²) in [6.07, 6.45) is 4.68. The number of hydroxylamine groups is 2. The number of nitrogens with zero attached hydrogens (tertiary/aromatic N) is 1. The maximum Gasteiger partial charge on any atom is 0.181 e. The molecular weight excluding hydrogens is 446 g/mol. The topological polar surface area (TPSA) is 55.8 Å². The van der Waals surface area contributed by atoms with Gasteiger partial charge in [-0.15, -0.1) is 0 Å². The summed E-state index contributed by atoms with van der Waals surface area (Å²) in [6.45, 7) is 6.75. The smallest absolute Gasteiger partial charge is 0.181 e. The van der Waals surface area contributed by atoms with Gasteiger partial charge in [-0.1, -0.05) is 24.4 Å². The Morgan fingerprint density at radius 3 is 2.12 bits per heavy atom. The predicted molar refractivity (Wildman–Crippen MR) is 127 cm³/mol. The predicted octanol–water partition coefficient (Wildman–Crippen LogP) is 6.27. The van der Waals surface area contributed by atoms with Crippen molar-refractivity contribution in [2.45, 2.75) is 74.7 Å². The zero-order chi connectivity index (χ0) is 22.9. The molecule has 2 aromatic rings. The quantitative estimate of drug-likeness (QED) is 0.470. The van der Waals surface area contributed by atoms with Gasteiger partial charge in [0.05, 0.1) is 15.7 Å². The highest BCUT2D eigenvalue weighted by molar-refractivity contribution is 7.92. The molecule has 2 fully saturated rings. The molecule has 1 saturated carbocycles. The monoisotopic (exact) mass is 477 g/mol. The summed E-state index contributed by atoms with van der Waals surface area (Å²) in [4.78, 5) is 6.53. The van der Waals surface area contributed by atoms with Crippen LogP contribution in [0.15, 0.2) is 53.4 Å². The van der Waals surface area contributed by atoms with Gasteiger partial charge in [0.15, 0.2) is 9.84 Å². The van der Waals surface area contributed by atoms with Gasteiger partial charge in [-0.05, 0) is 94.5 Å². The van der Waals surface area contributed by atoms with Crippen molar-refractivity contribution in [1.29, 1.82) is 0 Å². The van der Waals surface area contributed by atoms with Gasteiger partial charge in [-0.25, -0.2) is 8.42 Å². The standard InChI is InChI=1S/C25H32ClNO4S/c1-25(2,3)31-27-15-14-24(17-20(27)16-18-4-5-18)32(28,29)23-12-10-22(11-13-23)30-21-8-6-19(26)7-9-21/h6-13,18,20,24H,4-5,14-17H2,1-3H3. The van der Waals surface area contributed by atoms with E-state index in [9.17, 15) is 8.42 Å². The molecule has 2 atom stereocenters. The van der Waals surface area contributed by atoms with Crippen molar-refractivity contribution >= 4 is 21.4 Å². The van der Waals surface area contributed by atoms with Crippen LogP contribution in [0.4, 0.5) is 0 Å². The normalized spacial score (nSPS) is 22.6. The first-order chi connectivity index (χ1) is 15.1. The minimum absolute atomic E-state index is 0.141. The lowest BCUT2D eigenvalue weighted by Gasteiger charge is -2.41. The average molecular weight is 478 g/mol. The van der Waals surface area contributed by atoms with Crippen molar-refractivity contribution in [3.63, 3.8) is 0 Å². The van der Waals surface area contributed by atoms with Gasteiger partial charge < -0.3 is 4.74 Å². The highest BCUT2D eigenvalue weighted by atomic mass is 35.5. The Hall–Kier alpha value is -1.60. The van der Waals surface area contributed by atoms with E-state index in [0.717, 1.165) is 6.42 Å². The molecule has 0 aromatic heterocycles. The second kappa shape index (κ2) is 9.34. The number of piperidine rings is 1. The van der Waals surface area contributed by atoms with E-state index in [-0.39, 0.29) is 11.6 Å². The fraction of sp³-hybridized carbons (Fsp3) is 0.520. The van der Waals surface area contributed by atoms with E-state index in [0.29, 0.717) is 46.7 Å². The Bertz CT molecular complexity index is 1010. The van der Waals surface area contributed by atoms with Crippen LogP contribution in [-0.2, 0) is 14.7 Å². The number of benzene rings is 2. The number of hydrogen-bond donors (Lipinski definition) is 0. The van der Waals surface area contributed by atoms with E-state index >= 15 is 0 Å². The molecule has 5 nitrogen and oxygen atoms in total. The first-order valence-corrected chi connectivity index (χ1v) is 13.3. The summed E-state index contributed by atoms with van der Waals surface area (Å²) in [5, 5.41) is 2.29. The maximum atomic E-state index is 13.4. The van der Waals surface area contributed by atoms with Gasteiger partial charge in [-0.3, -0.25) is 4.84 Å². The second-order valence-corrected chi connectivity index (χ2v) is 12.6. The third-order valence-corrected chi connectivity index (χ3v) is 8.43. The van der Waals surface area contributed by atoms with Crippen LogP contribution in [-0.4, -0.2) is 36.9 Å². The van der Waals surface area contributed by atoms with E-state index in [1.165, 1.54) is 12.8 Å². The fourth-order valence-corrected chi connectivity index (χ4v) is 6.14. The van der Waals surface area contributed by atoms with Crippen molar-refractivity contribution < 1.29 is 18.0 Å². The number of rotatable bonds is 7. The number of sulfone groups is 1. The summed E-state index contributed by atoms with van der Waals surface area (Å²) in [5.41, 5.74) is -0.284. The van der Waals surface area contributed by atoms with Crippen LogP contribution in [0.1, 0.15) is 52.9 Å². The van der Waals surface area contributed by atoms with Gasteiger partial charge in [0.25, 0.3) is 0 Å². The van der Waals surface area contributed by atoms with Crippen LogP contribution >= 0.6 is 11.6 Å². The van der Waals surface area contributed by atoms with Gasteiger partial charge in [-0.2, -0.15) is 5.06 Å². The Balaban J connectivity index is 1.45. The summed E-state index contributed by atoms with van der Waals surface area (Å²) in [5.74, 6) is 1.95. The summed E-state index contributed by atoms with van der Waals surface area (Å²) in [6, 6.07) is 13.9. The van der Waals surface area contributed by atoms with Crippen LogP contribution in [0.3, 0.4) is 0 Å². The van der Waals surface area contributed by atoms with E-state index in [1.54, 1.807) is 48.5 Å². The van der Waals surface area contributed by atoms with Crippen LogP contribution in [0.5, 0.6) is 11.5 Å². The molecule has 1 aliphatic heterocycles. The molecule has 0 N–H and O–H groups in total. The average Bonchev–Trinajstić information content (AvgIpc) is 3.54. The molecular formula is C25H32ClNO4S. The molecule has 2 unspecified atom stereocenters. The first-order valence-electron chi connectivity index (χ1n) is 11.3. The lowest BCUT2D eigenvalue weighted by Crippen LogP contribution is -2.49. The van der Waals surface area contributed by atoms with Crippen molar-refractivity contribution in [2.24, 2.45) is 5.92 Å². The summed E-state index contributed by atoms with van der Waals surface area (Å²) < 4.78 is 32.6. The number of hydrogen-bond acceptors (Lipinski definition) is 5.